The Kier molecular flexibility index (Phi) is 9.71. The van der Waals surface area contributed by atoms with Crippen LogP contribution in [0.5, 0.6) is 0 Å². The lowest BCUT2D eigenvalue weighted by Crippen LogP contribution is -2.52. The van der Waals surface area contributed by atoms with Crippen molar-refractivity contribution in [1.82, 2.24) is 10.2 Å². The van der Waals surface area contributed by atoms with Crippen molar-refractivity contribution in [2.24, 2.45) is 0 Å². The third-order valence-corrected chi connectivity index (χ3v) is 7.42. The first-order chi connectivity index (χ1) is 15.4. The fourth-order valence-electron chi connectivity index (χ4n) is 3.24. The monoisotopic (exact) mass is 585 g/mol. The number of hydrogen-bond acceptors (Lipinski definition) is 4. The molecular formula is C24H32IN3O4S. The van der Waals surface area contributed by atoms with Crippen LogP contribution >= 0.6 is 22.6 Å². The second-order valence-electron chi connectivity index (χ2n) is 8.19. The summed E-state index contributed by atoms with van der Waals surface area (Å²) in [6, 6.07) is 13.7. The van der Waals surface area contributed by atoms with Gasteiger partial charge < -0.3 is 10.2 Å². The van der Waals surface area contributed by atoms with Gasteiger partial charge in [0.1, 0.15) is 12.6 Å². The predicted molar refractivity (Wildman–Crippen MR) is 140 cm³/mol. The summed E-state index contributed by atoms with van der Waals surface area (Å²) in [5.74, 6) is -0.722. The van der Waals surface area contributed by atoms with Crippen molar-refractivity contribution in [2.45, 2.75) is 52.7 Å². The molecule has 0 radical (unpaired) electrons. The van der Waals surface area contributed by atoms with Crippen molar-refractivity contribution in [3.8, 4) is 0 Å². The van der Waals surface area contributed by atoms with Gasteiger partial charge in [0.2, 0.25) is 21.8 Å². The summed E-state index contributed by atoms with van der Waals surface area (Å²) in [5.41, 5.74) is 2.29. The van der Waals surface area contributed by atoms with E-state index in [2.05, 4.69) is 27.9 Å². The molecule has 2 rings (SSSR count). The number of amides is 2. The number of hydrogen-bond donors (Lipinski definition) is 1. The number of nitrogens with zero attached hydrogens (tertiary/aromatic N) is 2. The number of anilines is 1. The van der Waals surface area contributed by atoms with Gasteiger partial charge in [0, 0.05) is 16.2 Å². The molecular weight excluding hydrogens is 553 g/mol. The molecule has 0 heterocycles. The molecule has 180 valence electrons. The second kappa shape index (κ2) is 11.8. The Hall–Kier alpha value is -2.14. The maximum absolute atomic E-state index is 13.5. The van der Waals surface area contributed by atoms with E-state index in [1.807, 2.05) is 45.0 Å². The van der Waals surface area contributed by atoms with Crippen LogP contribution in [0, 0.1) is 10.5 Å². The molecule has 0 spiro atoms. The maximum Gasteiger partial charge on any atom is 0.244 e. The minimum absolute atomic E-state index is 0.0327. The number of halogens is 1. The topological polar surface area (TPSA) is 86.8 Å². The first-order valence-corrected chi connectivity index (χ1v) is 13.7. The molecule has 0 saturated heterocycles. The van der Waals surface area contributed by atoms with Crippen LogP contribution in [0.15, 0.2) is 48.5 Å². The summed E-state index contributed by atoms with van der Waals surface area (Å²) in [7, 11) is -3.73. The molecule has 1 N–H and O–H groups in total. The van der Waals surface area contributed by atoms with Gasteiger partial charge in [-0.05, 0) is 85.2 Å². The highest BCUT2D eigenvalue weighted by atomic mass is 127. The van der Waals surface area contributed by atoms with E-state index in [1.165, 1.54) is 4.90 Å². The Bertz CT molecular complexity index is 1070. The Morgan fingerprint density at radius 3 is 2.21 bits per heavy atom. The normalized spacial score (nSPS) is 13.2. The molecule has 0 aromatic heterocycles. The van der Waals surface area contributed by atoms with Crippen molar-refractivity contribution in [2.75, 3.05) is 17.1 Å². The molecule has 2 amide bonds. The molecule has 0 aliphatic rings. The van der Waals surface area contributed by atoms with Gasteiger partial charge in [-0.3, -0.25) is 13.9 Å². The number of sulfonamides is 1. The number of benzene rings is 2. The molecule has 0 fully saturated rings. The third-order valence-electron chi connectivity index (χ3n) is 5.56. The van der Waals surface area contributed by atoms with Gasteiger partial charge in [-0.1, -0.05) is 31.2 Å². The Morgan fingerprint density at radius 2 is 1.67 bits per heavy atom. The largest absolute Gasteiger partial charge is 0.352 e. The van der Waals surface area contributed by atoms with E-state index in [0.29, 0.717) is 5.69 Å². The molecule has 0 aliphatic heterocycles. The van der Waals surface area contributed by atoms with Crippen LogP contribution in [-0.2, 0) is 26.2 Å². The van der Waals surface area contributed by atoms with E-state index >= 15 is 0 Å². The summed E-state index contributed by atoms with van der Waals surface area (Å²) >= 11 is 2.13. The molecule has 0 unspecified atom stereocenters. The van der Waals surface area contributed by atoms with Crippen molar-refractivity contribution in [3.05, 3.63) is 63.2 Å². The summed E-state index contributed by atoms with van der Waals surface area (Å²) in [5, 5.41) is 2.92. The molecule has 2 atom stereocenters. The summed E-state index contributed by atoms with van der Waals surface area (Å²) in [4.78, 5) is 27.8. The van der Waals surface area contributed by atoms with E-state index in [0.717, 1.165) is 31.7 Å². The van der Waals surface area contributed by atoms with E-state index in [-0.39, 0.29) is 18.5 Å². The van der Waals surface area contributed by atoms with Crippen molar-refractivity contribution >= 4 is 50.1 Å². The first-order valence-electron chi connectivity index (χ1n) is 10.8. The van der Waals surface area contributed by atoms with Gasteiger partial charge in [0.25, 0.3) is 0 Å². The lowest BCUT2D eigenvalue weighted by atomic mass is 10.1. The van der Waals surface area contributed by atoms with Gasteiger partial charge in [0.15, 0.2) is 0 Å². The van der Waals surface area contributed by atoms with Gasteiger partial charge in [-0.25, -0.2) is 8.42 Å². The standard InChI is InChI=1S/C24H32IN3O4S/c1-6-18(3)26-24(30)19(4)27(15-20-10-8-7-9-17(20)2)23(29)16-28(33(5,31)32)22-13-11-21(25)12-14-22/h7-14,18-19H,6,15-16H2,1-5H3,(H,26,30)/t18-,19-/m1/s1. The molecule has 9 heteroatoms. The fourth-order valence-corrected chi connectivity index (χ4v) is 4.45. The number of rotatable bonds is 10. The minimum atomic E-state index is -3.73. The SMILES string of the molecule is CC[C@@H](C)NC(=O)[C@@H](C)N(Cc1ccccc1C)C(=O)CN(c1ccc(I)cc1)S(C)(=O)=O. The zero-order valence-electron chi connectivity index (χ0n) is 19.7. The average molecular weight is 586 g/mol. The van der Waals surface area contributed by atoms with Crippen LogP contribution in [-0.4, -0.2) is 50.0 Å². The predicted octanol–water partition coefficient (Wildman–Crippen LogP) is 3.70. The zero-order valence-corrected chi connectivity index (χ0v) is 22.7. The van der Waals surface area contributed by atoms with Crippen LogP contribution in [0.2, 0.25) is 0 Å². The quantitative estimate of drug-likeness (QED) is 0.431. The van der Waals surface area contributed by atoms with Crippen molar-refractivity contribution in [3.63, 3.8) is 0 Å². The van der Waals surface area contributed by atoms with Gasteiger partial charge in [-0.15, -0.1) is 0 Å². The molecule has 0 aliphatic carbocycles. The van der Waals surface area contributed by atoms with E-state index < -0.39 is 28.5 Å². The lowest BCUT2D eigenvalue weighted by molar-refractivity contribution is -0.139. The van der Waals surface area contributed by atoms with Gasteiger partial charge >= 0.3 is 0 Å². The maximum atomic E-state index is 13.5. The highest BCUT2D eigenvalue weighted by Gasteiger charge is 2.30. The van der Waals surface area contributed by atoms with Gasteiger partial charge in [-0.2, -0.15) is 0 Å². The Balaban J connectivity index is 2.39. The number of aryl methyl sites for hydroxylation is 1. The fraction of sp³-hybridized carbons (Fsp3) is 0.417. The summed E-state index contributed by atoms with van der Waals surface area (Å²) < 4.78 is 27.1. The van der Waals surface area contributed by atoms with Crippen molar-refractivity contribution in [1.29, 1.82) is 0 Å². The van der Waals surface area contributed by atoms with Crippen molar-refractivity contribution < 1.29 is 18.0 Å². The second-order valence-corrected chi connectivity index (χ2v) is 11.3. The van der Waals surface area contributed by atoms with Crippen LogP contribution in [0.3, 0.4) is 0 Å². The highest BCUT2D eigenvalue weighted by Crippen LogP contribution is 2.21. The molecule has 2 aromatic carbocycles. The smallest absolute Gasteiger partial charge is 0.244 e. The van der Waals surface area contributed by atoms with Crippen LogP contribution < -0.4 is 9.62 Å². The Labute approximate surface area is 210 Å². The zero-order chi connectivity index (χ0) is 24.8. The molecule has 0 saturated carbocycles. The number of carbonyl (C=O) groups excluding carboxylic acids is 2. The number of nitrogens with one attached hydrogen (secondary N) is 1. The Morgan fingerprint density at radius 1 is 1.06 bits per heavy atom. The highest BCUT2D eigenvalue weighted by molar-refractivity contribution is 14.1. The number of carbonyl (C=O) groups is 2. The van der Waals surface area contributed by atoms with Crippen LogP contribution in [0.4, 0.5) is 5.69 Å². The van der Waals surface area contributed by atoms with E-state index in [1.54, 1.807) is 31.2 Å². The van der Waals surface area contributed by atoms with Crippen LogP contribution in [0.25, 0.3) is 0 Å². The molecule has 2 aromatic rings. The lowest BCUT2D eigenvalue weighted by Gasteiger charge is -2.32. The summed E-state index contributed by atoms with van der Waals surface area (Å²) in [6.45, 7) is 7.29. The minimum Gasteiger partial charge on any atom is -0.352 e. The summed E-state index contributed by atoms with van der Waals surface area (Å²) in [6.07, 6.45) is 1.84. The third kappa shape index (κ3) is 7.70. The average Bonchev–Trinajstić information content (AvgIpc) is 2.76. The molecule has 7 nitrogen and oxygen atoms in total. The first kappa shape index (κ1) is 27.1. The van der Waals surface area contributed by atoms with Gasteiger partial charge in [0.05, 0.1) is 11.9 Å². The van der Waals surface area contributed by atoms with E-state index in [4.69, 9.17) is 0 Å². The molecule has 33 heavy (non-hydrogen) atoms. The van der Waals surface area contributed by atoms with E-state index in [9.17, 15) is 18.0 Å². The van der Waals surface area contributed by atoms with Crippen LogP contribution in [0.1, 0.15) is 38.3 Å². The molecule has 0 bridgehead atoms.